The minimum atomic E-state index is -3.49. The molecule has 0 saturated heterocycles. The Hall–Kier alpha value is -2.21. The number of rotatable bonds is 6. The highest BCUT2D eigenvalue weighted by molar-refractivity contribution is 7.91. The first-order valence-electron chi connectivity index (χ1n) is 7.56. The van der Waals surface area contributed by atoms with Crippen LogP contribution in [-0.4, -0.2) is 32.0 Å². The minimum Gasteiger partial charge on any atom is -0.341 e. The van der Waals surface area contributed by atoms with Crippen molar-refractivity contribution in [2.45, 2.75) is 24.8 Å². The van der Waals surface area contributed by atoms with E-state index in [0.29, 0.717) is 5.56 Å². The lowest BCUT2D eigenvalue weighted by molar-refractivity contribution is -0.130. The molecule has 0 spiro atoms. The highest BCUT2D eigenvalue weighted by atomic mass is 32.2. The summed E-state index contributed by atoms with van der Waals surface area (Å²) in [7, 11) is -1.92. The van der Waals surface area contributed by atoms with Crippen LogP contribution in [0.4, 0.5) is 4.39 Å². The zero-order chi connectivity index (χ0) is 17.7. The summed E-state index contributed by atoms with van der Waals surface area (Å²) in [5.41, 5.74) is 1.63. The Bertz CT molecular complexity index is 816. The Kier molecular flexibility index (Phi) is 5.72. The van der Waals surface area contributed by atoms with E-state index in [0.717, 1.165) is 5.56 Å². The quantitative estimate of drug-likeness (QED) is 0.806. The fourth-order valence-corrected chi connectivity index (χ4v) is 3.50. The number of halogens is 1. The average Bonchev–Trinajstić information content (AvgIpc) is 2.53. The number of amides is 1. The van der Waals surface area contributed by atoms with Gasteiger partial charge in [-0.25, -0.2) is 12.8 Å². The van der Waals surface area contributed by atoms with Crippen molar-refractivity contribution in [3.8, 4) is 0 Å². The van der Waals surface area contributed by atoms with Gasteiger partial charge in [0.15, 0.2) is 9.84 Å². The van der Waals surface area contributed by atoms with Crippen molar-refractivity contribution in [2.75, 3.05) is 12.8 Å². The monoisotopic (exact) mass is 349 g/mol. The number of benzene rings is 2. The first kappa shape index (κ1) is 18.1. The predicted octanol–water partition coefficient (Wildman–Crippen LogP) is 2.96. The number of sulfone groups is 1. The molecule has 24 heavy (non-hydrogen) atoms. The number of aryl methyl sites for hydroxylation is 1. The molecule has 0 atom stereocenters. The fraction of sp³-hybridized carbons (Fsp3) is 0.278. The molecule has 0 saturated carbocycles. The SMILES string of the molecule is Cc1ccc(S(=O)(=O)CCC(=O)N(C)Cc2cccc(F)c2)cc1. The normalized spacial score (nSPS) is 11.3. The molecule has 0 heterocycles. The maximum atomic E-state index is 13.2. The third-order valence-electron chi connectivity index (χ3n) is 3.70. The Morgan fingerprint density at radius 2 is 1.79 bits per heavy atom. The topological polar surface area (TPSA) is 54.5 Å². The Balaban J connectivity index is 1.95. The van der Waals surface area contributed by atoms with Crippen LogP contribution < -0.4 is 0 Å². The Morgan fingerprint density at radius 3 is 2.42 bits per heavy atom. The van der Waals surface area contributed by atoms with Crippen molar-refractivity contribution in [1.29, 1.82) is 0 Å². The summed E-state index contributed by atoms with van der Waals surface area (Å²) < 4.78 is 37.7. The second-order valence-corrected chi connectivity index (χ2v) is 7.87. The van der Waals surface area contributed by atoms with Crippen LogP contribution in [0.5, 0.6) is 0 Å². The van der Waals surface area contributed by atoms with Gasteiger partial charge in [-0.2, -0.15) is 0 Å². The van der Waals surface area contributed by atoms with E-state index < -0.39 is 9.84 Å². The summed E-state index contributed by atoms with van der Waals surface area (Å²) in [6.45, 7) is 2.11. The van der Waals surface area contributed by atoms with Gasteiger partial charge in [0.05, 0.1) is 10.6 Å². The van der Waals surface area contributed by atoms with Crippen LogP contribution in [0.1, 0.15) is 17.5 Å². The molecular formula is C18H20FNO3S. The van der Waals surface area contributed by atoms with Crippen LogP contribution in [0.25, 0.3) is 0 Å². The van der Waals surface area contributed by atoms with E-state index in [4.69, 9.17) is 0 Å². The van der Waals surface area contributed by atoms with E-state index in [9.17, 15) is 17.6 Å². The van der Waals surface area contributed by atoms with Crippen LogP contribution in [-0.2, 0) is 21.2 Å². The van der Waals surface area contributed by atoms with Crippen molar-refractivity contribution in [3.05, 3.63) is 65.5 Å². The summed E-state index contributed by atoms with van der Waals surface area (Å²) in [5.74, 6) is -0.909. The summed E-state index contributed by atoms with van der Waals surface area (Å²) in [6, 6.07) is 12.5. The third-order valence-corrected chi connectivity index (χ3v) is 5.43. The molecule has 128 valence electrons. The number of carbonyl (C=O) groups is 1. The molecule has 2 aromatic rings. The number of carbonyl (C=O) groups excluding carboxylic acids is 1. The van der Waals surface area contributed by atoms with Crippen LogP contribution in [0.2, 0.25) is 0 Å². The van der Waals surface area contributed by atoms with Gasteiger partial charge in [0, 0.05) is 20.0 Å². The zero-order valence-corrected chi connectivity index (χ0v) is 14.5. The predicted molar refractivity (Wildman–Crippen MR) is 90.7 cm³/mol. The Morgan fingerprint density at radius 1 is 1.12 bits per heavy atom. The highest BCUT2D eigenvalue weighted by Crippen LogP contribution is 2.14. The standard InChI is InChI=1S/C18H20FNO3S/c1-14-6-8-17(9-7-14)24(22,23)11-10-18(21)20(2)13-15-4-3-5-16(19)12-15/h3-9,12H,10-11,13H2,1-2H3. The van der Waals surface area contributed by atoms with Crippen molar-refractivity contribution < 1.29 is 17.6 Å². The van der Waals surface area contributed by atoms with Crippen LogP contribution in [0, 0.1) is 12.7 Å². The number of hydrogen-bond donors (Lipinski definition) is 0. The van der Waals surface area contributed by atoms with Gasteiger partial charge in [-0.1, -0.05) is 29.8 Å². The summed E-state index contributed by atoms with van der Waals surface area (Å²) >= 11 is 0. The third kappa shape index (κ3) is 4.89. The lowest BCUT2D eigenvalue weighted by atomic mass is 10.2. The average molecular weight is 349 g/mol. The van der Waals surface area contributed by atoms with E-state index >= 15 is 0 Å². The number of hydrogen-bond acceptors (Lipinski definition) is 3. The largest absolute Gasteiger partial charge is 0.341 e. The molecule has 2 aromatic carbocycles. The van der Waals surface area contributed by atoms with Crippen molar-refractivity contribution >= 4 is 15.7 Å². The van der Waals surface area contributed by atoms with Gasteiger partial charge in [-0.15, -0.1) is 0 Å². The maximum absolute atomic E-state index is 13.2. The highest BCUT2D eigenvalue weighted by Gasteiger charge is 2.18. The molecule has 0 bridgehead atoms. The first-order valence-corrected chi connectivity index (χ1v) is 9.21. The van der Waals surface area contributed by atoms with Crippen LogP contribution in [0.15, 0.2) is 53.4 Å². The molecule has 0 aliphatic heterocycles. The molecule has 0 unspecified atom stereocenters. The molecule has 0 aliphatic carbocycles. The lowest BCUT2D eigenvalue weighted by Gasteiger charge is -2.17. The van der Waals surface area contributed by atoms with Gasteiger partial charge >= 0.3 is 0 Å². The molecule has 0 aliphatic rings. The van der Waals surface area contributed by atoms with Crippen molar-refractivity contribution in [3.63, 3.8) is 0 Å². The second kappa shape index (κ2) is 7.57. The van der Waals surface area contributed by atoms with Gasteiger partial charge in [0.1, 0.15) is 5.82 Å². The van der Waals surface area contributed by atoms with Crippen LogP contribution in [0.3, 0.4) is 0 Å². The van der Waals surface area contributed by atoms with Gasteiger partial charge in [-0.3, -0.25) is 4.79 Å². The molecule has 2 rings (SSSR count). The van der Waals surface area contributed by atoms with Crippen molar-refractivity contribution in [2.24, 2.45) is 0 Å². The smallest absolute Gasteiger partial charge is 0.223 e. The van der Waals surface area contributed by atoms with E-state index in [1.54, 1.807) is 43.4 Å². The molecule has 1 amide bonds. The van der Waals surface area contributed by atoms with Crippen molar-refractivity contribution in [1.82, 2.24) is 4.90 Å². The molecule has 0 fully saturated rings. The lowest BCUT2D eigenvalue weighted by Crippen LogP contribution is -2.28. The summed E-state index contributed by atoms with van der Waals surface area (Å²) in [6.07, 6.45) is -0.109. The molecule has 4 nitrogen and oxygen atoms in total. The fourth-order valence-electron chi connectivity index (χ4n) is 2.27. The molecule has 6 heteroatoms. The van der Waals surface area contributed by atoms with Gasteiger partial charge in [0.25, 0.3) is 0 Å². The molecule has 0 radical (unpaired) electrons. The van der Waals surface area contributed by atoms with Gasteiger partial charge in [0.2, 0.25) is 5.91 Å². The first-order chi connectivity index (χ1) is 11.3. The van der Waals surface area contributed by atoms with E-state index in [1.807, 2.05) is 6.92 Å². The number of nitrogens with zero attached hydrogens (tertiary/aromatic N) is 1. The van der Waals surface area contributed by atoms with Crippen LogP contribution >= 0.6 is 0 Å². The second-order valence-electron chi connectivity index (χ2n) is 5.76. The Labute approximate surface area is 141 Å². The van der Waals surface area contributed by atoms with E-state index in [1.165, 1.54) is 17.0 Å². The maximum Gasteiger partial charge on any atom is 0.223 e. The van der Waals surface area contributed by atoms with Gasteiger partial charge < -0.3 is 4.90 Å². The van der Waals surface area contributed by atoms with E-state index in [-0.39, 0.29) is 35.3 Å². The molecule has 0 N–H and O–H groups in total. The zero-order valence-electron chi connectivity index (χ0n) is 13.7. The molecular weight excluding hydrogens is 329 g/mol. The summed E-state index contributed by atoms with van der Waals surface area (Å²) in [5, 5.41) is 0. The van der Waals surface area contributed by atoms with E-state index in [2.05, 4.69) is 0 Å². The van der Waals surface area contributed by atoms with Gasteiger partial charge in [-0.05, 0) is 36.8 Å². The molecule has 0 aromatic heterocycles. The summed E-state index contributed by atoms with van der Waals surface area (Å²) in [4.78, 5) is 13.8. The minimum absolute atomic E-state index is 0.109.